The molecule has 0 atom stereocenters. The molecule has 6 nitrogen and oxygen atoms in total. The van der Waals surface area contributed by atoms with Gasteiger partial charge in [-0.3, -0.25) is 9.59 Å². The molecule has 0 aliphatic rings. The molecule has 0 bridgehead atoms. The largest absolute Gasteiger partial charge is 0.490 e. The molecule has 0 saturated heterocycles. The maximum atomic E-state index is 13.5. The molecule has 0 saturated carbocycles. The molecule has 0 unspecified atom stereocenters. The number of rotatable bonds is 8. The molecular weight excluding hydrogens is 375 g/mol. The number of nitrogens with one attached hydrogen (secondary N) is 2. The Labute approximate surface area is 167 Å². The zero-order valence-electron chi connectivity index (χ0n) is 15.9. The molecule has 7 heteroatoms. The third-order valence-electron chi connectivity index (χ3n) is 4.19. The molecule has 0 aliphatic heterocycles. The zero-order chi connectivity index (χ0) is 20.6. The summed E-state index contributed by atoms with van der Waals surface area (Å²) < 4.78 is 23.9. The predicted molar refractivity (Wildman–Crippen MR) is 107 cm³/mol. The van der Waals surface area contributed by atoms with Crippen molar-refractivity contribution in [2.75, 3.05) is 18.5 Å². The number of benzene rings is 2. The maximum absolute atomic E-state index is 13.5. The van der Waals surface area contributed by atoms with Gasteiger partial charge in [0.25, 0.3) is 11.8 Å². The maximum Gasteiger partial charge on any atom is 0.291 e. The van der Waals surface area contributed by atoms with E-state index in [1.54, 1.807) is 48.5 Å². The highest BCUT2D eigenvalue weighted by molar-refractivity contribution is 6.03. The van der Waals surface area contributed by atoms with Gasteiger partial charge in [0, 0.05) is 17.8 Å². The Kier molecular flexibility index (Phi) is 6.63. The summed E-state index contributed by atoms with van der Waals surface area (Å²) in [6.45, 7) is 2.48. The predicted octanol–water partition coefficient (Wildman–Crippen LogP) is 4.18. The molecule has 0 fully saturated rings. The number of hydrogen-bond donors (Lipinski definition) is 2. The van der Waals surface area contributed by atoms with Crippen LogP contribution in [0.1, 0.15) is 32.9 Å². The van der Waals surface area contributed by atoms with E-state index in [-0.39, 0.29) is 29.9 Å². The second-order valence-electron chi connectivity index (χ2n) is 6.35. The van der Waals surface area contributed by atoms with E-state index in [0.29, 0.717) is 24.2 Å². The van der Waals surface area contributed by atoms with Crippen LogP contribution in [-0.4, -0.2) is 25.0 Å². The van der Waals surface area contributed by atoms with Crippen molar-refractivity contribution in [3.05, 3.63) is 83.6 Å². The third-order valence-corrected chi connectivity index (χ3v) is 4.19. The van der Waals surface area contributed by atoms with E-state index in [2.05, 4.69) is 10.6 Å². The van der Waals surface area contributed by atoms with Crippen LogP contribution >= 0.6 is 0 Å². The standard InChI is InChI=1S/C22H21FN2O4/c1-15-9-10-16(14-18(15)25-22(27)20-8-4-12-29-20)21(26)24-11-5-13-28-19-7-3-2-6-17(19)23/h2-4,6-10,12,14H,5,11,13H2,1H3,(H,24,26)(H,25,27). The summed E-state index contributed by atoms with van der Waals surface area (Å²) in [5.74, 6) is -0.700. The molecule has 3 rings (SSSR count). The van der Waals surface area contributed by atoms with Crippen molar-refractivity contribution in [1.29, 1.82) is 0 Å². The van der Waals surface area contributed by atoms with E-state index < -0.39 is 5.82 Å². The summed E-state index contributed by atoms with van der Waals surface area (Å²) in [6, 6.07) is 14.4. The third kappa shape index (κ3) is 5.44. The lowest BCUT2D eigenvalue weighted by atomic mass is 10.1. The van der Waals surface area contributed by atoms with Crippen molar-refractivity contribution in [3.8, 4) is 5.75 Å². The molecular formula is C22H21FN2O4. The van der Waals surface area contributed by atoms with Crippen LogP contribution in [0.2, 0.25) is 0 Å². The van der Waals surface area contributed by atoms with Crippen LogP contribution in [0.5, 0.6) is 5.75 Å². The number of amides is 2. The van der Waals surface area contributed by atoms with Gasteiger partial charge < -0.3 is 19.8 Å². The van der Waals surface area contributed by atoms with Crippen LogP contribution in [0, 0.1) is 12.7 Å². The Morgan fingerprint density at radius 3 is 2.66 bits per heavy atom. The summed E-state index contributed by atoms with van der Waals surface area (Å²) in [4.78, 5) is 24.5. The van der Waals surface area contributed by atoms with E-state index in [9.17, 15) is 14.0 Å². The molecule has 2 N–H and O–H groups in total. The Balaban J connectivity index is 1.50. The van der Waals surface area contributed by atoms with E-state index in [0.717, 1.165) is 5.56 Å². The van der Waals surface area contributed by atoms with E-state index in [1.165, 1.54) is 12.3 Å². The molecule has 150 valence electrons. The van der Waals surface area contributed by atoms with Crippen molar-refractivity contribution < 1.29 is 23.1 Å². The highest BCUT2D eigenvalue weighted by atomic mass is 19.1. The fraction of sp³-hybridized carbons (Fsp3) is 0.182. The number of carbonyl (C=O) groups excluding carboxylic acids is 2. The number of furan rings is 1. The number of carbonyl (C=O) groups is 2. The minimum atomic E-state index is -0.416. The van der Waals surface area contributed by atoms with Gasteiger partial charge in [0.05, 0.1) is 12.9 Å². The molecule has 0 aliphatic carbocycles. The number of ether oxygens (including phenoxy) is 1. The van der Waals surface area contributed by atoms with Gasteiger partial charge in [-0.05, 0) is 55.3 Å². The first kappa shape index (κ1) is 20.1. The SMILES string of the molecule is Cc1ccc(C(=O)NCCCOc2ccccc2F)cc1NC(=O)c1ccco1. The summed E-state index contributed by atoms with van der Waals surface area (Å²) >= 11 is 0. The minimum absolute atomic E-state index is 0.189. The average molecular weight is 396 g/mol. The lowest BCUT2D eigenvalue weighted by molar-refractivity contribution is 0.0949. The summed E-state index contributed by atoms with van der Waals surface area (Å²) in [5, 5.41) is 5.52. The van der Waals surface area contributed by atoms with E-state index >= 15 is 0 Å². The van der Waals surface area contributed by atoms with Gasteiger partial charge in [0.1, 0.15) is 0 Å². The molecule has 29 heavy (non-hydrogen) atoms. The monoisotopic (exact) mass is 396 g/mol. The topological polar surface area (TPSA) is 80.6 Å². The van der Waals surface area contributed by atoms with Gasteiger partial charge in [-0.25, -0.2) is 4.39 Å². The molecule has 2 amide bonds. The lowest BCUT2D eigenvalue weighted by Gasteiger charge is -2.11. The van der Waals surface area contributed by atoms with Crippen molar-refractivity contribution >= 4 is 17.5 Å². The number of para-hydroxylation sites is 1. The Morgan fingerprint density at radius 2 is 1.90 bits per heavy atom. The van der Waals surface area contributed by atoms with Crippen molar-refractivity contribution in [1.82, 2.24) is 5.32 Å². The molecule has 3 aromatic rings. The van der Waals surface area contributed by atoms with Gasteiger partial charge >= 0.3 is 0 Å². The number of anilines is 1. The van der Waals surface area contributed by atoms with Gasteiger partial charge in [0.2, 0.25) is 0 Å². The molecule has 1 aromatic heterocycles. The Bertz CT molecular complexity index is 986. The molecule has 0 spiro atoms. The average Bonchev–Trinajstić information content (AvgIpc) is 3.25. The Morgan fingerprint density at radius 1 is 1.07 bits per heavy atom. The number of hydrogen-bond acceptors (Lipinski definition) is 4. The lowest BCUT2D eigenvalue weighted by Crippen LogP contribution is -2.26. The normalized spacial score (nSPS) is 10.4. The quantitative estimate of drug-likeness (QED) is 0.560. The van der Waals surface area contributed by atoms with Gasteiger partial charge in [0.15, 0.2) is 17.3 Å². The van der Waals surface area contributed by atoms with Crippen molar-refractivity contribution in [3.63, 3.8) is 0 Å². The minimum Gasteiger partial charge on any atom is -0.490 e. The summed E-state index contributed by atoms with van der Waals surface area (Å²) in [7, 11) is 0. The number of aryl methyl sites for hydroxylation is 1. The molecule has 2 aromatic carbocycles. The van der Waals surface area contributed by atoms with E-state index in [1.807, 2.05) is 6.92 Å². The van der Waals surface area contributed by atoms with Gasteiger partial charge in [-0.2, -0.15) is 0 Å². The zero-order valence-corrected chi connectivity index (χ0v) is 15.9. The fourth-order valence-electron chi connectivity index (χ4n) is 2.61. The second-order valence-corrected chi connectivity index (χ2v) is 6.35. The van der Waals surface area contributed by atoms with Crippen molar-refractivity contribution in [2.24, 2.45) is 0 Å². The second kappa shape index (κ2) is 9.54. The molecule has 1 heterocycles. The van der Waals surface area contributed by atoms with Crippen LogP contribution < -0.4 is 15.4 Å². The summed E-state index contributed by atoms with van der Waals surface area (Å²) in [6.07, 6.45) is 1.94. The Hall–Kier alpha value is -3.61. The van der Waals surface area contributed by atoms with Crippen LogP contribution in [0.3, 0.4) is 0 Å². The highest BCUT2D eigenvalue weighted by Gasteiger charge is 2.13. The first-order valence-corrected chi connectivity index (χ1v) is 9.15. The fourth-order valence-corrected chi connectivity index (χ4v) is 2.61. The highest BCUT2D eigenvalue weighted by Crippen LogP contribution is 2.18. The summed E-state index contributed by atoms with van der Waals surface area (Å²) in [5.41, 5.74) is 1.77. The van der Waals surface area contributed by atoms with Crippen LogP contribution in [0.4, 0.5) is 10.1 Å². The van der Waals surface area contributed by atoms with Crippen LogP contribution in [0.15, 0.2) is 65.3 Å². The van der Waals surface area contributed by atoms with Crippen LogP contribution in [-0.2, 0) is 0 Å². The molecule has 0 radical (unpaired) electrons. The van der Waals surface area contributed by atoms with E-state index in [4.69, 9.17) is 9.15 Å². The first-order chi connectivity index (χ1) is 14.0. The smallest absolute Gasteiger partial charge is 0.291 e. The number of halogens is 1. The first-order valence-electron chi connectivity index (χ1n) is 9.15. The van der Waals surface area contributed by atoms with Crippen molar-refractivity contribution in [2.45, 2.75) is 13.3 Å². The van der Waals surface area contributed by atoms with Gasteiger partial charge in [-0.15, -0.1) is 0 Å². The van der Waals surface area contributed by atoms with Crippen LogP contribution in [0.25, 0.3) is 0 Å². The van der Waals surface area contributed by atoms with Gasteiger partial charge in [-0.1, -0.05) is 18.2 Å².